The van der Waals surface area contributed by atoms with Crippen molar-refractivity contribution in [1.82, 2.24) is 14.5 Å². The summed E-state index contributed by atoms with van der Waals surface area (Å²) in [5, 5.41) is 2.93. The van der Waals surface area contributed by atoms with Crippen LogP contribution in [0.2, 0.25) is 0 Å². The molecule has 0 spiro atoms. The van der Waals surface area contributed by atoms with Crippen molar-refractivity contribution in [2.45, 2.75) is 5.03 Å². The van der Waals surface area contributed by atoms with Crippen molar-refractivity contribution in [3.05, 3.63) is 72.5 Å². The Kier molecular flexibility index (Phi) is 4.51. The van der Waals surface area contributed by atoms with E-state index in [1.165, 1.54) is 12.5 Å². The van der Waals surface area contributed by atoms with Crippen LogP contribution in [-0.2, 0) is 17.1 Å². The Morgan fingerprint density at radius 1 is 1.00 bits per heavy atom. The minimum absolute atomic E-state index is 0.0129. The lowest BCUT2D eigenvalue weighted by atomic mass is 10.1. The highest BCUT2D eigenvalue weighted by Crippen LogP contribution is 2.29. The van der Waals surface area contributed by atoms with Crippen molar-refractivity contribution in [2.75, 3.05) is 4.72 Å². The molecule has 2 aromatic heterocycles. The molecule has 27 heavy (non-hydrogen) atoms. The Morgan fingerprint density at radius 3 is 2.41 bits per heavy atom. The van der Waals surface area contributed by atoms with Gasteiger partial charge in [0.1, 0.15) is 5.01 Å². The van der Waals surface area contributed by atoms with Crippen molar-refractivity contribution in [3.8, 4) is 21.8 Å². The third kappa shape index (κ3) is 3.76. The van der Waals surface area contributed by atoms with E-state index in [0.29, 0.717) is 5.69 Å². The lowest BCUT2D eigenvalue weighted by molar-refractivity contribution is 0.598. The van der Waals surface area contributed by atoms with Gasteiger partial charge in [0.25, 0.3) is 10.0 Å². The zero-order valence-corrected chi connectivity index (χ0v) is 16.0. The maximum atomic E-state index is 12.3. The highest BCUT2D eigenvalue weighted by atomic mass is 32.2. The number of aromatic nitrogens is 3. The molecule has 2 heterocycles. The van der Waals surface area contributed by atoms with Gasteiger partial charge in [-0.15, -0.1) is 11.3 Å². The lowest BCUT2D eigenvalue weighted by Crippen LogP contribution is -2.13. The summed E-state index contributed by atoms with van der Waals surface area (Å²) in [5.74, 6) is 0. The highest BCUT2D eigenvalue weighted by Gasteiger charge is 2.17. The number of nitrogens with zero attached hydrogens (tertiary/aromatic N) is 3. The molecule has 0 saturated carbocycles. The second-order valence-corrected chi connectivity index (χ2v) is 8.45. The summed E-state index contributed by atoms with van der Waals surface area (Å²) in [6.07, 6.45) is 2.90. The summed E-state index contributed by atoms with van der Waals surface area (Å²) >= 11 is 1.58. The minimum Gasteiger partial charge on any atom is -0.339 e. The zero-order valence-electron chi connectivity index (χ0n) is 14.4. The first-order chi connectivity index (χ1) is 13.0. The van der Waals surface area contributed by atoms with Crippen LogP contribution in [0.4, 0.5) is 5.69 Å². The van der Waals surface area contributed by atoms with Gasteiger partial charge in [-0.05, 0) is 12.1 Å². The third-order valence-electron chi connectivity index (χ3n) is 3.91. The van der Waals surface area contributed by atoms with Crippen molar-refractivity contribution in [3.63, 3.8) is 0 Å². The number of hydrogen-bond donors (Lipinski definition) is 1. The van der Waals surface area contributed by atoms with E-state index in [2.05, 4.69) is 14.7 Å². The number of anilines is 1. The van der Waals surface area contributed by atoms with E-state index in [1.54, 1.807) is 35.1 Å². The van der Waals surface area contributed by atoms with Crippen LogP contribution in [0.3, 0.4) is 0 Å². The van der Waals surface area contributed by atoms with Crippen molar-refractivity contribution < 1.29 is 8.42 Å². The first-order valence-corrected chi connectivity index (χ1v) is 10.5. The van der Waals surface area contributed by atoms with Crippen LogP contribution in [0.15, 0.2) is 77.5 Å². The van der Waals surface area contributed by atoms with E-state index >= 15 is 0 Å². The number of imidazole rings is 1. The van der Waals surface area contributed by atoms with E-state index < -0.39 is 10.0 Å². The van der Waals surface area contributed by atoms with Gasteiger partial charge < -0.3 is 4.57 Å². The van der Waals surface area contributed by atoms with E-state index in [0.717, 1.165) is 21.8 Å². The number of benzene rings is 2. The van der Waals surface area contributed by atoms with E-state index in [4.69, 9.17) is 0 Å². The lowest BCUT2D eigenvalue weighted by Gasteiger charge is -2.06. The molecule has 0 saturated heterocycles. The van der Waals surface area contributed by atoms with Crippen molar-refractivity contribution in [1.29, 1.82) is 0 Å². The van der Waals surface area contributed by atoms with Gasteiger partial charge in [0.15, 0.2) is 5.03 Å². The van der Waals surface area contributed by atoms with Crippen molar-refractivity contribution >= 4 is 27.0 Å². The van der Waals surface area contributed by atoms with E-state index in [-0.39, 0.29) is 5.03 Å². The first kappa shape index (κ1) is 17.4. The molecular weight excluding hydrogens is 380 g/mol. The summed E-state index contributed by atoms with van der Waals surface area (Å²) in [4.78, 5) is 8.56. The molecule has 0 amide bonds. The fourth-order valence-corrected chi connectivity index (χ4v) is 4.44. The van der Waals surface area contributed by atoms with E-state index in [9.17, 15) is 8.42 Å². The van der Waals surface area contributed by atoms with Gasteiger partial charge >= 0.3 is 0 Å². The highest BCUT2D eigenvalue weighted by molar-refractivity contribution is 7.92. The topological polar surface area (TPSA) is 76.9 Å². The number of hydrogen-bond acceptors (Lipinski definition) is 5. The Labute approximate surface area is 161 Å². The molecule has 8 heteroatoms. The number of thiazole rings is 1. The Balaban J connectivity index is 1.54. The molecule has 0 aliphatic rings. The molecule has 0 atom stereocenters. The molecule has 136 valence electrons. The first-order valence-electron chi connectivity index (χ1n) is 8.13. The van der Waals surface area contributed by atoms with Gasteiger partial charge in [0, 0.05) is 35.4 Å². The second-order valence-electron chi connectivity index (χ2n) is 5.96. The van der Waals surface area contributed by atoms with Crippen LogP contribution < -0.4 is 4.72 Å². The Bertz CT molecular complexity index is 1160. The molecule has 0 radical (unpaired) electrons. The molecule has 0 bridgehead atoms. The number of nitrogens with one attached hydrogen (secondary N) is 1. The molecule has 0 aliphatic carbocycles. The summed E-state index contributed by atoms with van der Waals surface area (Å²) in [7, 11) is -1.98. The molecular formula is C19H16N4O2S2. The summed E-state index contributed by atoms with van der Waals surface area (Å²) in [6.45, 7) is 0. The molecule has 0 unspecified atom stereocenters. The largest absolute Gasteiger partial charge is 0.339 e. The predicted molar refractivity (Wildman–Crippen MR) is 107 cm³/mol. The van der Waals surface area contributed by atoms with Crippen LogP contribution in [0.25, 0.3) is 21.8 Å². The fraction of sp³-hybridized carbons (Fsp3) is 0.0526. The summed E-state index contributed by atoms with van der Waals surface area (Å²) < 4.78 is 28.8. The number of sulfonamides is 1. The molecule has 2 aromatic carbocycles. The van der Waals surface area contributed by atoms with Gasteiger partial charge in [-0.2, -0.15) is 8.42 Å². The van der Waals surface area contributed by atoms with E-state index in [1.807, 2.05) is 47.8 Å². The van der Waals surface area contributed by atoms with Crippen LogP contribution in [-0.4, -0.2) is 23.0 Å². The van der Waals surface area contributed by atoms with Crippen LogP contribution in [0.5, 0.6) is 0 Å². The number of aryl methyl sites for hydroxylation is 1. The smallest absolute Gasteiger partial charge is 0.280 e. The molecule has 6 nitrogen and oxygen atoms in total. The molecule has 0 aliphatic heterocycles. The van der Waals surface area contributed by atoms with Gasteiger partial charge in [0.05, 0.1) is 12.0 Å². The van der Waals surface area contributed by atoms with Crippen LogP contribution in [0.1, 0.15) is 0 Å². The van der Waals surface area contributed by atoms with Crippen LogP contribution in [0, 0.1) is 0 Å². The quantitative estimate of drug-likeness (QED) is 0.553. The average Bonchev–Trinajstić information content (AvgIpc) is 3.33. The minimum atomic E-state index is -3.70. The molecule has 1 N–H and O–H groups in total. The normalized spacial score (nSPS) is 11.4. The Morgan fingerprint density at radius 2 is 1.74 bits per heavy atom. The van der Waals surface area contributed by atoms with Gasteiger partial charge in [-0.1, -0.05) is 42.5 Å². The van der Waals surface area contributed by atoms with Gasteiger partial charge in [0.2, 0.25) is 0 Å². The summed E-state index contributed by atoms with van der Waals surface area (Å²) in [5.41, 5.74) is 3.34. The maximum absolute atomic E-state index is 12.3. The predicted octanol–water partition coefficient (Wildman–Crippen LogP) is 4.01. The number of rotatable bonds is 5. The Hall–Kier alpha value is -2.97. The third-order valence-corrected chi connectivity index (χ3v) is 6.07. The maximum Gasteiger partial charge on any atom is 0.280 e. The standard InChI is InChI=1S/C19H16N4O2S2/c1-23-11-18(20-13-23)27(24,25)22-16-9-7-14(8-10-16)17-12-26-19(21-17)15-5-3-2-4-6-15/h2-13,22H,1H3. The van der Waals surface area contributed by atoms with Crippen LogP contribution >= 0.6 is 11.3 Å². The molecule has 4 rings (SSSR count). The van der Waals surface area contributed by atoms with Crippen molar-refractivity contribution in [2.24, 2.45) is 7.05 Å². The average molecular weight is 396 g/mol. The zero-order chi connectivity index (χ0) is 18.9. The second kappa shape index (κ2) is 6.98. The van der Waals surface area contributed by atoms with Gasteiger partial charge in [-0.25, -0.2) is 9.97 Å². The SMILES string of the molecule is Cn1cnc(S(=O)(=O)Nc2ccc(-c3csc(-c4ccccc4)n3)cc2)c1. The molecule has 4 aromatic rings. The molecule has 0 fully saturated rings. The fourth-order valence-electron chi connectivity index (χ4n) is 2.56. The van der Waals surface area contributed by atoms with Gasteiger partial charge in [-0.3, -0.25) is 4.72 Å². The monoisotopic (exact) mass is 396 g/mol. The summed E-state index contributed by atoms with van der Waals surface area (Å²) in [6, 6.07) is 17.1.